The summed E-state index contributed by atoms with van der Waals surface area (Å²) in [5.74, 6) is -0.580. The smallest absolute Gasteiger partial charge is 0.242 e. The molecule has 3 rings (SSSR count). The van der Waals surface area contributed by atoms with Crippen LogP contribution in [-0.2, 0) is 16.0 Å². The molecule has 1 aromatic heterocycles. The van der Waals surface area contributed by atoms with Gasteiger partial charge in [0, 0.05) is 23.4 Å². The molecule has 1 aliphatic heterocycles. The monoisotopic (exact) mass is 432 g/mol. The summed E-state index contributed by atoms with van der Waals surface area (Å²) in [5.41, 5.74) is 1.04. The van der Waals surface area contributed by atoms with Crippen LogP contribution in [-0.4, -0.2) is 47.4 Å². The fourth-order valence-corrected chi connectivity index (χ4v) is 4.62. The van der Waals surface area contributed by atoms with E-state index in [2.05, 4.69) is 0 Å². The zero-order valence-electron chi connectivity index (χ0n) is 17.9. The second-order valence-electron chi connectivity index (χ2n) is 8.11. The average Bonchev–Trinajstić information content (AvgIpc) is 3.19. The number of carbonyl (C=O) groups is 2. The minimum absolute atomic E-state index is 0.0321. The number of carbonyl (C=O) groups excluding carboxylic acids is 2. The van der Waals surface area contributed by atoms with E-state index in [1.807, 2.05) is 39.1 Å². The molecular weight excluding hydrogens is 403 g/mol. The van der Waals surface area contributed by atoms with Crippen molar-refractivity contribution in [3.8, 4) is 5.75 Å². The molecule has 0 aliphatic carbocycles. The summed E-state index contributed by atoms with van der Waals surface area (Å²) in [4.78, 5) is 30.5. The van der Waals surface area contributed by atoms with Gasteiger partial charge in [0.05, 0.1) is 6.04 Å². The van der Waals surface area contributed by atoms with Gasteiger partial charge in [0.25, 0.3) is 0 Å². The van der Waals surface area contributed by atoms with Crippen LogP contribution in [0.1, 0.15) is 44.2 Å². The first kappa shape index (κ1) is 22.3. The van der Waals surface area contributed by atoms with Gasteiger partial charge < -0.3 is 14.5 Å². The van der Waals surface area contributed by atoms with Crippen molar-refractivity contribution in [2.75, 3.05) is 19.7 Å². The fraction of sp³-hybridized carbons (Fsp3) is 0.478. The van der Waals surface area contributed by atoms with Crippen molar-refractivity contribution in [2.45, 2.75) is 46.2 Å². The molecule has 1 unspecified atom stereocenters. The van der Waals surface area contributed by atoms with Gasteiger partial charge in [0.2, 0.25) is 11.8 Å². The second kappa shape index (κ2) is 9.60. The first-order valence-electron chi connectivity index (χ1n) is 10.3. The SMILES string of the molecule is CC(C)C(=O)N(CC(=O)N1CCc2sccc2C1COc1ccccc1F)C(C)C. The number of fused-ring (bicyclic) bond motifs is 1. The predicted molar refractivity (Wildman–Crippen MR) is 116 cm³/mol. The average molecular weight is 433 g/mol. The van der Waals surface area contributed by atoms with Crippen LogP contribution in [0, 0.1) is 11.7 Å². The molecule has 162 valence electrons. The highest BCUT2D eigenvalue weighted by atomic mass is 32.1. The normalized spacial score (nSPS) is 16.0. The fourth-order valence-electron chi connectivity index (χ4n) is 3.69. The van der Waals surface area contributed by atoms with E-state index in [-0.39, 0.29) is 48.7 Å². The largest absolute Gasteiger partial charge is 0.488 e. The Balaban J connectivity index is 1.80. The Kier molecular flexibility index (Phi) is 7.13. The van der Waals surface area contributed by atoms with Crippen molar-refractivity contribution >= 4 is 23.2 Å². The molecule has 2 heterocycles. The van der Waals surface area contributed by atoms with Gasteiger partial charge in [-0.25, -0.2) is 4.39 Å². The van der Waals surface area contributed by atoms with Gasteiger partial charge in [0.1, 0.15) is 13.2 Å². The molecule has 0 saturated carbocycles. The third-order valence-corrected chi connectivity index (χ3v) is 6.35. The first-order chi connectivity index (χ1) is 14.3. The number of rotatable bonds is 7. The van der Waals surface area contributed by atoms with Crippen LogP contribution in [0.2, 0.25) is 0 Å². The Labute approximate surface area is 181 Å². The highest BCUT2D eigenvalue weighted by Crippen LogP contribution is 2.34. The molecule has 2 aromatic rings. The third-order valence-electron chi connectivity index (χ3n) is 5.35. The highest BCUT2D eigenvalue weighted by Gasteiger charge is 2.34. The van der Waals surface area contributed by atoms with Crippen LogP contribution in [0.3, 0.4) is 0 Å². The number of hydrogen-bond acceptors (Lipinski definition) is 4. The quantitative estimate of drug-likeness (QED) is 0.656. The molecular formula is C23H29FN2O3S. The van der Waals surface area contributed by atoms with Crippen LogP contribution >= 0.6 is 11.3 Å². The molecule has 0 fully saturated rings. The molecule has 1 aromatic carbocycles. The second-order valence-corrected chi connectivity index (χ2v) is 9.11. The van der Waals surface area contributed by atoms with E-state index < -0.39 is 5.82 Å². The van der Waals surface area contributed by atoms with Gasteiger partial charge in [-0.2, -0.15) is 0 Å². The van der Waals surface area contributed by atoms with E-state index in [0.29, 0.717) is 6.54 Å². The van der Waals surface area contributed by atoms with E-state index in [0.717, 1.165) is 12.0 Å². The van der Waals surface area contributed by atoms with E-state index in [4.69, 9.17) is 4.74 Å². The summed E-state index contributed by atoms with van der Waals surface area (Å²) >= 11 is 1.66. The number of hydrogen-bond donors (Lipinski definition) is 0. The molecule has 0 N–H and O–H groups in total. The van der Waals surface area contributed by atoms with E-state index in [1.54, 1.807) is 39.3 Å². The lowest BCUT2D eigenvalue weighted by molar-refractivity contribution is -0.145. The standard InChI is InChI=1S/C23H29FN2O3S/c1-15(2)23(28)26(16(3)4)13-22(27)25-11-9-21-17(10-12-30-21)19(25)14-29-20-8-6-5-7-18(20)24/h5-8,10,12,15-16,19H,9,11,13-14H2,1-4H3. The van der Waals surface area contributed by atoms with Crippen molar-refractivity contribution in [1.82, 2.24) is 9.80 Å². The predicted octanol–water partition coefficient (Wildman–Crippen LogP) is 4.29. The molecule has 1 atom stereocenters. The molecule has 0 spiro atoms. The van der Waals surface area contributed by atoms with Crippen molar-refractivity contribution in [3.63, 3.8) is 0 Å². The maximum Gasteiger partial charge on any atom is 0.242 e. The summed E-state index contributed by atoms with van der Waals surface area (Å²) in [6, 6.07) is 7.90. The maximum absolute atomic E-state index is 14.0. The van der Waals surface area contributed by atoms with Crippen LogP contribution in [0.25, 0.3) is 0 Å². The molecule has 1 aliphatic rings. The Bertz CT molecular complexity index is 896. The molecule has 2 amide bonds. The van der Waals surface area contributed by atoms with Crippen molar-refractivity contribution in [3.05, 3.63) is 52.0 Å². The van der Waals surface area contributed by atoms with Crippen LogP contribution in [0.4, 0.5) is 4.39 Å². The summed E-state index contributed by atoms with van der Waals surface area (Å²) in [6.07, 6.45) is 0.773. The first-order valence-corrected chi connectivity index (χ1v) is 11.2. The van der Waals surface area contributed by atoms with Gasteiger partial charge in [-0.3, -0.25) is 9.59 Å². The molecule has 0 radical (unpaired) electrons. The van der Waals surface area contributed by atoms with Gasteiger partial charge in [-0.1, -0.05) is 26.0 Å². The lowest BCUT2D eigenvalue weighted by Crippen LogP contribution is -2.50. The van der Waals surface area contributed by atoms with E-state index in [1.165, 1.54) is 10.9 Å². The van der Waals surface area contributed by atoms with Gasteiger partial charge in [-0.05, 0) is 49.4 Å². The van der Waals surface area contributed by atoms with Gasteiger partial charge in [-0.15, -0.1) is 11.3 Å². The Morgan fingerprint density at radius 3 is 2.63 bits per heavy atom. The number of thiophene rings is 1. The minimum atomic E-state index is -0.426. The van der Waals surface area contributed by atoms with Crippen molar-refractivity contribution < 1.29 is 18.7 Å². The number of benzene rings is 1. The summed E-state index contributed by atoms with van der Waals surface area (Å²) in [7, 11) is 0. The van der Waals surface area contributed by atoms with E-state index >= 15 is 0 Å². The number of para-hydroxylation sites is 1. The third kappa shape index (κ3) is 4.83. The van der Waals surface area contributed by atoms with Crippen molar-refractivity contribution in [2.24, 2.45) is 5.92 Å². The minimum Gasteiger partial charge on any atom is -0.488 e. The number of ether oxygens (including phenoxy) is 1. The maximum atomic E-state index is 14.0. The van der Waals surface area contributed by atoms with Crippen LogP contribution in [0.5, 0.6) is 5.75 Å². The lowest BCUT2D eigenvalue weighted by atomic mass is 10.00. The number of amides is 2. The van der Waals surface area contributed by atoms with Gasteiger partial charge >= 0.3 is 0 Å². The van der Waals surface area contributed by atoms with Gasteiger partial charge in [0.15, 0.2) is 11.6 Å². The van der Waals surface area contributed by atoms with Crippen LogP contribution in [0.15, 0.2) is 35.7 Å². The number of nitrogens with zero attached hydrogens (tertiary/aromatic N) is 2. The highest BCUT2D eigenvalue weighted by molar-refractivity contribution is 7.10. The summed E-state index contributed by atoms with van der Waals surface area (Å²) < 4.78 is 19.8. The molecule has 0 bridgehead atoms. The van der Waals surface area contributed by atoms with E-state index in [9.17, 15) is 14.0 Å². The molecule has 0 saturated heterocycles. The van der Waals surface area contributed by atoms with Crippen LogP contribution < -0.4 is 4.74 Å². The Morgan fingerprint density at radius 1 is 1.23 bits per heavy atom. The Hall–Kier alpha value is -2.41. The zero-order valence-corrected chi connectivity index (χ0v) is 18.7. The lowest BCUT2D eigenvalue weighted by Gasteiger charge is -2.38. The topological polar surface area (TPSA) is 49.9 Å². The van der Waals surface area contributed by atoms with Crippen molar-refractivity contribution in [1.29, 1.82) is 0 Å². The number of halogens is 1. The summed E-state index contributed by atoms with van der Waals surface area (Å²) in [6.45, 7) is 8.26. The summed E-state index contributed by atoms with van der Waals surface area (Å²) in [5, 5.41) is 2.01. The molecule has 7 heteroatoms. The zero-order chi connectivity index (χ0) is 21.8. The Morgan fingerprint density at radius 2 is 1.97 bits per heavy atom. The molecule has 5 nitrogen and oxygen atoms in total. The molecule has 30 heavy (non-hydrogen) atoms.